The second-order valence-electron chi connectivity index (χ2n) is 7.17. The van der Waals surface area contributed by atoms with Crippen LogP contribution in [0.3, 0.4) is 0 Å². The normalized spacial score (nSPS) is 14.8. The van der Waals surface area contributed by atoms with Gasteiger partial charge in [-0.05, 0) is 34.5 Å². The number of benzene rings is 3. The lowest BCUT2D eigenvalue weighted by Gasteiger charge is -2.27. The molecule has 1 aliphatic rings. The van der Waals surface area contributed by atoms with Crippen LogP contribution in [-0.4, -0.2) is 44.3 Å². The van der Waals surface area contributed by atoms with Crippen molar-refractivity contribution in [2.24, 2.45) is 0 Å². The van der Waals surface area contributed by atoms with Crippen LogP contribution in [0.2, 0.25) is 0 Å². The minimum atomic E-state index is -0.354. The number of morpholine rings is 1. The van der Waals surface area contributed by atoms with Crippen molar-refractivity contribution >= 4 is 16.7 Å². The van der Waals surface area contributed by atoms with E-state index in [9.17, 15) is 4.79 Å². The number of carbonyl (C=O) groups excluding carboxylic acids is 1. The molecular weight excluding hydrogens is 366 g/mol. The van der Waals surface area contributed by atoms with Gasteiger partial charge < -0.3 is 14.2 Å². The summed E-state index contributed by atoms with van der Waals surface area (Å²) in [7, 11) is 1.65. The smallest absolute Gasteiger partial charge is 0.343 e. The third-order valence-electron chi connectivity index (χ3n) is 5.19. The molecule has 1 fully saturated rings. The molecule has 29 heavy (non-hydrogen) atoms. The summed E-state index contributed by atoms with van der Waals surface area (Å²) in [5.74, 6) is 0.258. The Balaban J connectivity index is 1.61. The Morgan fingerprint density at radius 2 is 1.76 bits per heavy atom. The average molecular weight is 391 g/mol. The van der Waals surface area contributed by atoms with E-state index in [1.807, 2.05) is 36.4 Å². The summed E-state index contributed by atoms with van der Waals surface area (Å²) in [6.45, 7) is 4.44. The maximum atomic E-state index is 12.8. The fourth-order valence-corrected chi connectivity index (χ4v) is 3.62. The highest BCUT2D eigenvalue weighted by Crippen LogP contribution is 2.30. The van der Waals surface area contributed by atoms with Gasteiger partial charge in [-0.15, -0.1) is 0 Å². The number of rotatable bonds is 6. The summed E-state index contributed by atoms with van der Waals surface area (Å²) in [5.41, 5.74) is 2.58. The molecule has 0 bridgehead atoms. The number of hydrogen-bond acceptors (Lipinski definition) is 5. The van der Waals surface area contributed by atoms with Gasteiger partial charge in [0.25, 0.3) is 0 Å². The van der Waals surface area contributed by atoms with E-state index in [0.29, 0.717) is 17.9 Å². The van der Waals surface area contributed by atoms with E-state index in [2.05, 4.69) is 17.0 Å². The molecule has 1 heterocycles. The fraction of sp³-hybridized carbons (Fsp3) is 0.292. The minimum absolute atomic E-state index is 0.354. The molecule has 0 N–H and O–H groups in total. The van der Waals surface area contributed by atoms with E-state index in [1.165, 1.54) is 0 Å². The Kier molecular flexibility index (Phi) is 6.20. The van der Waals surface area contributed by atoms with E-state index in [4.69, 9.17) is 14.2 Å². The van der Waals surface area contributed by atoms with E-state index in [-0.39, 0.29) is 5.97 Å². The summed E-state index contributed by atoms with van der Waals surface area (Å²) in [6.07, 6.45) is 0. The molecule has 0 atom stereocenters. The van der Waals surface area contributed by atoms with Gasteiger partial charge in [0, 0.05) is 32.3 Å². The molecule has 0 radical (unpaired) electrons. The van der Waals surface area contributed by atoms with E-state index < -0.39 is 0 Å². The zero-order valence-electron chi connectivity index (χ0n) is 16.6. The molecule has 0 spiro atoms. The number of esters is 1. The predicted molar refractivity (Wildman–Crippen MR) is 112 cm³/mol. The van der Waals surface area contributed by atoms with Crippen molar-refractivity contribution in [2.45, 2.75) is 13.2 Å². The maximum Gasteiger partial charge on any atom is 0.343 e. The van der Waals surface area contributed by atoms with Gasteiger partial charge in [0.05, 0.1) is 25.4 Å². The van der Waals surface area contributed by atoms with Crippen molar-refractivity contribution in [1.29, 1.82) is 0 Å². The number of fused-ring (bicyclic) bond motifs is 1. The average Bonchev–Trinajstić information content (AvgIpc) is 2.77. The molecule has 1 aliphatic heterocycles. The molecule has 0 saturated carbocycles. The summed E-state index contributed by atoms with van der Waals surface area (Å²) in [4.78, 5) is 15.1. The number of hydrogen-bond donors (Lipinski definition) is 0. The highest BCUT2D eigenvalue weighted by atomic mass is 16.5. The van der Waals surface area contributed by atoms with E-state index in [0.717, 1.165) is 54.7 Å². The van der Waals surface area contributed by atoms with Crippen LogP contribution in [-0.2, 0) is 22.6 Å². The SMILES string of the molecule is COCc1ccc(C(=O)Oc2ccc3ccccc3c2CN2CCOCC2)cc1. The standard InChI is InChI=1S/C24H25NO4/c1-27-17-18-6-8-20(9-7-18)24(26)29-23-11-10-19-4-2-3-5-21(19)22(23)16-25-12-14-28-15-13-25/h2-11H,12-17H2,1H3. The predicted octanol–water partition coefficient (Wildman–Crippen LogP) is 4.04. The second kappa shape index (κ2) is 9.18. The van der Waals surface area contributed by atoms with Gasteiger partial charge in [-0.25, -0.2) is 4.79 Å². The van der Waals surface area contributed by atoms with Gasteiger partial charge in [0.1, 0.15) is 5.75 Å². The van der Waals surface area contributed by atoms with Gasteiger partial charge in [-0.3, -0.25) is 4.90 Å². The summed E-state index contributed by atoms with van der Waals surface area (Å²) in [5, 5.41) is 2.25. The third kappa shape index (κ3) is 4.65. The van der Waals surface area contributed by atoms with Gasteiger partial charge in [-0.1, -0.05) is 42.5 Å². The van der Waals surface area contributed by atoms with E-state index in [1.54, 1.807) is 19.2 Å². The van der Waals surface area contributed by atoms with Crippen LogP contribution < -0.4 is 4.74 Å². The summed E-state index contributed by atoms with van der Waals surface area (Å²) in [6, 6.07) is 19.4. The number of methoxy groups -OCH3 is 1. The summed E-state index contributed by atoms with van der Waals surface area (Å²) < 4.78 is 16.4. The lowest BCUT2D eigenvalue weighted by atomic mass is 10.0. The van der Waals surface area contributed by atoms with Crippen molar-refractivity contribution in [3.63, 3.8) is 0 Å². The van der Waals surface area contributed by atoms with Crippen LogP contribution in [0.25, 0.3) is 10.8 Å². The highest BCUT2D eigenvalue weighted by molar-refractivity contribution is 5.93. The van der Waals surface area contributed by atoms with Crippen LogP contribution in [0.15, 0.2) is 60.7 Å². The molecule has 0 unspecified atom stereocenters. The van der Waals surface area contributed by atoms with Crippen molar-refractivity contribution in [3.05, 3.63) is 77.4 Å². The van der Waals surface area contributed by atoms with Gasteiger partial charge >= 0.3 is 5.97 Å². The first-order valence-corrected chi connectivity index (χ1v) is 9.85. The van der Waals surface area contributed by atoms with Crippen molar-refractivity contribution < 1.29 is 19.0 Å². The lowest BCUT2D eigenvalue weighted by Crippen LogP contribution is -2.35. The molecule has 4 rings (SSSR count). The first-order chi connectivity index (χ1) is 14.2. The number of ether oxygens (including phenoxy) is 3. The van der Waals surface area contributed by atoms with Crippen molar-refractivity contribution in [1.82, 2.24) is 4.90 Å². The van der Waals surface area contributed by atoms with Crippen LogP contribution in [0, 0.1) is 0 Å². The van der Waals surface area contributed by atoms with Crippen LogP contribution in [0.1, 0.15) is 21.5 Å². The molecule has 5 heteroatoms. The zero-order valence-corrected chi connectivity index (χ0v) is 16.6. The largest absolute Gasteiger partial charge is 0.423 e. The maximum absolute atomic E-state index is 12.8. The Hall–Kier alpha value is -2.73. The van der Waals surface area contributed by atoms with Crippen molar-refractivity contribution in [2.75, 3.05) is 33.4 Å². The number of nitrogens with zero attached hydrogens (tertiary/aromatic N) is 1. The topological polar surface area (TPSA) is 48.0 Å². The van der Waals surface area contributed by atoms with Crippen LogP contribution >= 0.6 is 0 Å². The van der Waals surface area contributed by atoms with Crippen LogP contribution in [0.5, 0.6) is 5.75 Å². The van der Waals surface area contributed by atoms with Crippen molar-refractivity contribution in [3.8, 4) is 5.75 Å². The third-order valence-corrected chi connectivity index (χ3v) is 5.19. The molecular formula is C24H25NO4. The fourth-order valence-electron chi connectivity index (χ4n) is 3.62. The van der Waals surface area contributed by atoms with Gasteiger partial charge in [0.15, 0.2) is 0 Å². The van der Waals surface area contributed by atoms with E-state index >= 15 is 0 Å². The first-order valence-electron chi connectivity index (χ1n) is 9.85. The molecule has 3 aromatic rings. The quantitative estimate of drug-likeness (QED) is 0.469. The lowest BCUT2D eigenvalue weighted by molar-refractivity contribution is 0.0339. The molecule has 0 amide bonds. The van der Waals surface area contributed by atoms with Gasteiger partial charge in [-0.2, -0.15) is 0 Å². The number of carbonyl (C=O) groups is 1. The first kappa shape index (κ1) is 19.6. The molecule has 5 nitrogen and oxygen atoms in total. The Morgan fingerprint density at radius 1 is 1.00 bits per heavy atom. The minimum Gasteiger partial charge on any atom is -0.423 e. The van der Waals surface area contributed by atoms with Gasteiger partial charge in [0.2, 0.25) is 0 Å². The molecule has 0 aromatic heterocycles. The Morgan fingerprint density at radius 3 is 2.52 bits per heavy atom. The summed E-state index contributed by atoms with van der Waals surface area (Å²) >= 11 is 0. The molecule has 150 valence electrons. The molecule has 3 aromatic carbocycles. The van der Waals surface area contributed by atoms with Crippen LogP contribution in [0.4, 0.5) is 0 Å². The molecule has 0 aliphatic carbocycles. The molecule has 1 saturated heterocycles. The Labute approximate surface area is 170 Å². The second-order valence-corrected chi connectivity index (χ2v) is 7.17. The monoisotopic (exact) mass is 391 g/mol. The Bertz CT molecular complexity index is 978. The highest BCUT2D eigenvalue weighted by Gasteiger charge is 2.18. The zero-order chi connectivity index (χ0) is 20.1.